The molecule has 19 heavy (non-hydrogen) atoms. The smallest absolute Gasteiger partial charge is 0.475 e. The highest BCUT2D eigenvalue weighted by Crippen LogP contribution is 2.67. The first kappa shape index (κ1) is 14.1. The number of hydrogen-bond donors (Lipinski definition) is 2. The molecule has 1 saturated carbocycles. The van der Waals surface area contributed by atoms with E-state index in [2.05, 4.69) is 18.3 Å². The number of carboxylic acids is 1. The summed E-state index contributed by atoms with van der Waals surface area (Å²) >= 11 is 0. The predicted molar refractivity (Wildman–Crippen MR) is 56.1 cm³/mol. The molecule has 0 aromatic heterocycles. The minimum absolute atomic E-state index is 0.0256. The highest BCUT2D eigenvalue weighted by atomic mass is 19.4. The SMILES string of the molecule is CC12CC(C#N)(C1)C1(CNC1)O2.O=C(O)C(F)(F)F. The molecule has 3 saturated heterocycles. The quantitative estimate of drug-likeness (QED) is 0.692. The summed E-state index contributed by atoms with van der Waals surface area (Å²) in [5.41, 5.74) is -0.235. The van der Waals surface area contributed by atoms with Crippen LogP contribution in [0.2, 0.25) is 0 Å². The molecule has 0 radical (unpaired) electrons. The van der Waals surface area contributed by atoms with Crippen molar-refractivity contribution in [1.82, 2.24) is 5.32 Å². The van der Waals surface area contributed by atoms with Gasteiger partial charge in [-0.05, 0) is 19.8 Å². The van der Waals surface area contributed by atoms with Crippen molar-refractivity contribution in [3.05, 3.63) is 0 Å². The van der Waals surface area contributed by atoms with Gasteiger partial charge in [0.05, 0.1) is 17.1 Å². The van der Waals surface area contributed by atoms with Crippen LogP contribution in [0.3, 0.4) is 0 Å². The van der Waals surface area contributed by atoms with E-state index in [1.807, 2.05) is 0 Å². The number of carbonyl (C=O) groups is 1. The van der Waals surface area contributed by atoms with Gasteiger partial charge in [0.15, 0.2) is 0 Å². The monoisotopic (exact) mass is 278 g/mol. The molecule has 2 N–H and O–H groups in total. The number of hydrogen-bond acceptors (Lipinski definition) is 4. The third-order valence-electron chi connectivity index (χ3n) is 3.94. The molecule has 1 spiro atoms. The Balaban J connectivity index is 0.000000167. The Morgan fingerprint density at radius 3 is 2.11 bits per heavy atom. The summed E-state index contributed by atoms with van der Waals surface area (Å²) in [6.07, 6.45) is -3.20. The summed E-state index contributed by atoms with van der Waals surface area (Å²) in [5, 5.41) is 19.4. The van der Waals surface area contributed by atoms with E-state index in [1.165, 1.54) is 0 Å². The highest BCUT2D eigenvalue weighted by Gasteiger charge is 2.75. The fourth-order valence-electron chi connectivity index (χ4n) is 3.13. The number of rotatable bonds is 0. The number of nitrogens with one attached hydrogen (secondary N) is 1. The van der Waals surface area contributed by atoms with Gasteiger partial charge in [-0.3, -0.25) is 0 Å². The summed E-state index contributed by atoms with van der Waals surface area (Å²) in [4.78, 5) is 8.90. The summed E-state index contributed by atoms with van der Waals surface area (Å²) in [7, 11) is 0. The van der Waals surface area contributed by atoms with Crippen molar-refractivity contribution in [3.63, 3.8) is 0 Å². The number of ether oxygens (including phenoxy) is 1. The van der Waals surface area contributed by atoms with Crippen LogP contribution in [0.15, 0.2) is 0 Å². The lowest BCUT2D eigenvalue weighted by Gasteiger charge is -2.46. The Kier molecular flexibility index (Phi) is 2.84. The molecule has 4 rings (SSSR count). The zero-order chi connectivity index (χ0) is 14.5. The Morgan fingerprint density at radius 2 is 1.89 bits per heavy atom. The first-order valence-electron chi connectivity index (χ1n) is 5.70. The average molecular weight is 278 g/mol. The summed E-state index contributed by atoms with van der Waals surface area (Å²) in [6.45, 7) is 3.86. The second-order valence-corrected chi connectivity index (χ2v) is 5.50. The number of aliphatic carboxylic acids is 1. The maximum absolute atomic E-state index is 10.6. The second kappa shape index (κ2) is 3.84. The van der Waals surface area contributed by atoms with Gasteiger partial charge in [-0.15, -0.1) is 0 Å². The van der Waals surface area contributed by atoms with Crippen molar-refractivity contribution in [1.29, 1.82) is 5.26 Å². The van der Waals surface area contributed by atoms with Gasteiger partial charge < -0.3 is 15.2 Å². The van der Waals surface area contributed by atoms with Crippen molar-refractivity contribution in [3.8, 4) is 6.07 Å². The molecule has 106 valence electrons. The Hall–Kier alpha value is -1.33. The zero-order valence-electron chi connectivity index (χ0n) is 10.2. The minimum atomic E-state index is -5.08. The van der Waals surface area contributed by atoms with Crippen LogP contribution in [-0.4, -0.2) is 41.5 Å². The van der Waals surface area contributed by atoms with Crippen molar-refractivity contribution >= 4 is 5.97 Å². The van der Waals surface area contributed by atoms with Gasteiger partial charge in [-0.2, -0.15) is 18.4 Å². The van der Waals surface area contributed by atoms with Gasteiger partial charge >= 0.3 is 12.1 Å². The molecule has 5 nitrogen and oxygen atoms in total. The van der Waals surface area contributed by atoms with E-state index in [4.69, 9.17) is 19.9 Å². The molecular formula is C11H13F3N2O3. The molecule has 8 heteroatoms. The maximum atomic E-state index is 10.6. The van der Waals surface area contributed by atoms with Gasteiger partial charge in [0.1, 0.15) is 5.60 Å². The lowest BCUT2D eigenvalue weighted by atomic mass is 9.56. The van der Waals surface area contributed by atoms with Crippen molar-refractivity contribution in [2.75, 3.05) is 13.1 Å². The van der Waals surface area contributed by atoms with Gasteiger partial charge in [0.25, 0.3) is 0 Å². The molecule has 4 aliphatic rings. The molecule has 0 atom stereocenters. The topological polar surface area (TPSA) is 82.3 Å². The van der Waals surface area contributed by atoms with Crippen LogP contribution < -0.4 is 5.32 Å². The van der Waals surface area contributed by atoms with Gasteiger partial charge in [-0.1, -0.05) is 0 Å². The van der Waals surface area contributed by atoms with E-state index in [0.717, 1.165) is 25.9 Å². The van der Waals surface area contributed by atoms with Gasteiger partial charge in [0.2, 0.25) is 0 Å². The molecule has 0 unspecified atom stereocenters. The molecular weight excluding hydrogens is 265 g/mol. The third-order valence-corrected chi connectivity index (χ3v) is 3.94. The number of halogens is 3. The van der Waals surface area contributed by atoms with E-state index < -0.39 is 12.1 Å². The first-order chi connectivity index (χ1) is 8.58. The lowest BCUT2D eigenvalue weighted by molar-refractivity contribution is -0.192. The van der Waals surface area contributed by atoms with Crippen LogP contribution in [0.4, 0.5) is 13.2 Å². The molecule has 0 aromatic carbocycles. The zero-order valence-corrected chi connectivity index (χ0v) is 10.2. The number of nitrogens with zero attached hydrogens (tertiary/aromatic N) is 1. The molecule has 0 aromatic rings. The van der Waals surface area contributed by atoms with Gasteiger partial charge in [-0.25, -0.2) is 4.79 Å². The van der Waals surface area contributed by atoms with Crippen molar-refractivity contribution in [2.45, 2.75) is 37.1 Å². The fraction of sp³-hybridized carbons (Fsp3) is 0.818. The van der Waals surface area contributed by atoms with Crippen LogP contribution in [-0.2, 0) is 9.53 Å². The number of carboxylic acid groups (broad SMARTS) is 1. The van der Waals surface area contributed by atoms with Crippen molar-refractivity contribution < 1.29 is 27.8 Å². The standard InChI is InChI=1S/C9H12N2O.C2HF3O2/c1-7-2-8(3-7,4-10)9(12-7)5-11-6-9;3-2(4,5)1(6)7/h11H,2-3,5-6H2,1H3;(H,6,7). The minimum Gasteiger partial charge on any atom is -0.475 e. The third kappa shape index (κ3) is 1.97. The molecule has 2 bridgehead atoms. The van der Waals surface area contributed by atoms with Crippen LogP contribution in [0.5, 0.6) is 0 Å². The van der Waals surface area contributed by atoms with Gasteiger partial charge in [0, 0.05) is 13.1 Å². The summed E-state index contributed by atoms with van der Waals surface area (Å²) in [5.74, 6) is -2.76. The largest absolute Gasteiger partial charge is 0.490 e. The predicted octanol–water partition coefficient (Wildman–Crippen LogP) is 1.05. The average Bonchev–Trinajstić information content (AvgIpc) is 2.61. The number of alkyl halides is 3. The Morgan fingerprint density at radius 1 is 1.42 bits per heavy atom. The lowest BCUT2D eigenvalue weighted by Crippen LogP contribution is -2.65. The van der Waals surface area contributed by atoms with E-state index in [0.29, 0.717) is 0 Å². The summed E-state index contributed by atoms with van der Waals surface area (Å²) < 4.78 is 37.7. The second-order valence-electron chi connectivity index (χ2n) is 5.50. The molecule has 1 aliphatic carbocycles. The summed E-state index contributed by atoms with van der Waals surface area (Å²) in [6, 6.07) is 2.46. The first-order valence-corrected chi connectivity index (χ1v) is 5.70. The van der Waals surface area contributed by atoms with E-state index >= 15 is 0 Å². The van der Waals surface area contributed by atoms with E-state index in [9.17, 15) is 13.2 Å². The van der Waals surface area contributed by atoms with Crippen LogP contribution in [0.25, 0.3) is 0 Å². The van der Waals surface area contributed by atoms with Crippen molar-refractivity contribution in [2.24, 2.45) is 5.41 Å². The molecule has 4 fully saturated rings. The Labute approximate surface area is 107 Å². The maximum Gasteiger partial charge on any atom is 0.490 e. The Bertz CT molecular complexity index is 445. The fourth-order valence-corrected chi connectivity index (χ4v) is 3.13. The molecule has 3 aliphatic heterocycles. The van der Waals surface area contributed by atoms with E-state index in [-0.39, 0.29) is 16.6 Å². The highest BCUT2D eigenvalue weighted by molar-refractivity contribution is 5.73. The van der Waals surface area contributed by atoms with Crippen LogP contribution >= 0.6 is 0 Å². The van der Waals surface area contributed by atoms with E-state index in [1.54, 1.807) is 0 Å². The normalized spacial score (nSPS) is 37.4. The molecule has 3 heterocycles. The van der Waals surface area contributed by atoms with Crippen LogP contribution in [0.1, 0.15) is 19.8 Å². The number of nitriles is 1. The molecule has 0 amide bonds. The van der Waals surface area contributed by atoms with Crippen LogP contribution in [0, 0.1) is 16.7 Å².